The van der Waals surface area contributed by atoms with Crippen molar-refractivity contribution in [2.24, 2.45) is 0 Å². The third-order valence-electron chi connectivity index (χ3n) is 3.17. The van der Waals surface area contributed by atoms with Crippen LogP contribution in [-0.4, -0.2) is 4.92 Å². The number of nitrogens with zero attached hydrogens (tertiary/aromatic N) is 1. The molecule has 0 spiro atoms. The van der Waals surface area contributed by atoms with E-state index in [0.717, 1.165) is 11.1 Å². The first-order valence-electron chi connectivity index (χ1n) is 6.39. The van der Waals surface area contributed by atoms with Gasteiger partial charge in [-0.15, -0.1) is 0 Å². The number of nitro groups is 1. The van der Waals surface area contributed by atoms with Crippen LogP contribution in [0, 0.1) is 10.1 Å². The van der Waals surface area contributed by atoms with E-state index in [1.807, 2.05) is 31.2 Å². The van der Waals surface area contributed by atoms with Gasteiger partial charge in [-0.2, -0.15) is 0 Å². The highest BCUT2D eigenvalue weighted by atomic mass is 35.5. The van der Waals surface area contributed by atoms with E-state index in [2.05, 4.69) is 5.32 Å². The van der Waals surface area contributed by atoms with Gasteiger partial charge < -0.3 is 5.32 Å². The molecule has 2 aromatic rings. The molecule has 0 fully saturated rings. The molecule has 0 heterocycles. The Bertz CT molecular complexity index is 662. The molecule has 0 bridgehead atoms. The monoisotopic (exact) mass is 324 g/mol. The summed E-state index contributed by atoms with van der Waals surface area (Å²) < 4.78 is 0. The number of halogens is 2. The topological polar surface area (TPSA) is 55.2 Å². The molecule has 1 atom stereocenters. The van der Waals surface area contributed by atoms with Crippen LogP contribution >= 0.6 is 23.2 Å². The highest BCUT2D eigenvalue weighted by Gasteiger charge is 2.13. The lowest BCUT2D eigenvalue weighted by atomic mass is 10.1. The minimum Gasteiger partial charge on any atom is -0.306 e. The van der Waals surface area contributed by atoms with E-state index in [1.54, 1.807) is 12.1 Å². The first kappa shape index (κ1) is 15.8. The Hall–Kier alpha value is -1.62. The van der Waals surface area contributed by atoms with Gasteiger partial charge in [0.15, 0.2) is 0 Å². The second-order valence-corrected chi connectivity index (χ2v) is 5.54. The van der Waals surface area contributed by atoms with Crippen LogP contribution in [0.4, 0.5) is 5.69 Å². The Kier molecular flexibility index (Phi) is 5.17. The molecule has 0 aliphatic heterocycles. The van der Waals surface area contributed by atoms with Crippen LogP contribution < -0.4 is 5.32 Å². The maximum Gasteiger partial charge on any atom is 0.288 e. The zero-order valence-corrected chi connectivity index (χ0v) is 12.9. The fraction of sp³-hybridized carbons (Fsp3) is 0.200. The molecular formula is C15H14Cl2N2O2. The van der Waals surface area contributed by atoms with Gasteiger partial charge in [-0.25, -0.2) is 0 Å². The van der Waals surface area contributed by atoms with Gasteiger partial charge in [-0.1, -0.05) is 41.4 Å². The van der Waals surface area contributed by atoms with E-state index < -0.39 is 4.92 Å². The molecule has 0 amide bonds. The second kappa shape index (κ2) is 6.89. The van der Waals surface area contributed by atoms with Crippen molar-refractivity contribution >= 4 is 28.9 Å². The summed E-state index contributed by atoms with van der Waals surface area (Å²) in [5.41, 5.74) is 1.79. The van der Waals surface area contributed by atoms with Crippen molar-refractivity contribution in [1.82, 2.24) is 5.32 Å². The van der Waals surface area contributed by atoms with Crippen molar-refractivity contribution in [2.75, 3.05) is 0 Å². The molecular weight excluding hydrogens is 311 g/mol. The highest BCUT2D eigenvalue weighted by Crippen LogP contribution is 2.25. The van der Waals surface area contributed by atoms with Gasteiger partial charge in [-0.3, -0.25) is 10.1 Å². The average Bonchev–Trinajstić information content (AvgIpc) is 2.45. The molecule has 4 nitrogen and oxygen atoms in total. The SMILES string of the molecule is CC(NCc1ccc(Cl)c([N+](=O)[O-])c1)c1cccc(Cl)c1. The van der Waals surface area contributed by atoms with Crippen molar-refractivity contribution in [3.8, 4) is 0 Å². The molecule has 110 valence electrons. The van der Waals surface area contributed by atoms with Crippen molar-refractivity contribution < 1.29 is 4.92 Å². The van der Waals surface area contributed by atoms with E-state index in [9.17, 15) is 10.1 Å². The summed E-state index contributed by atoms with van der Waals surface area (Å²) >= 11 is 11.8. The van der Waals surface area contributed by atoms with Gasteiger partial charge in [-0.05, 0) is 36.2 Å². The molecule has 0 aliphatic rings. The van der Waals surface area contributed by atoms with Gasteiger partial charge in [0.05, 0.1) is 4.92 Å². The fourth-order valence-electron chi connectivity index (χ4n) is 1.97. The molecule has 6 heteroatoms. The van der Waals surface area contributed by atoms with Gasteiger partial charge in [0.2, 0.25) is 0 Å². The molecule has 0 aliphatic carbocycles. The molecule has 2 rings (SSSR count). The average molecular weight is 325 g/mol. The summed E-state index contributed by atoms with van der Waals surface area (Å²) in [6.07, 6.45) is 0. The molecule has 21 heavy (non-hydrogen) atoms. The number of nitro benzene ring substituents is 1. The zero-order chi connectivity index (χ0) is 15.4. The first-order chi connectivity index (χ1) is 9.97. The Morgan fingerprint density at radius 1 is 1.24 bits per heavy atom. The maximum atomic E-state index is 10.9. The smallest absolute Gasteiger partial charge is 0.288 e. The number of benzene rings is 2. The number of rotatable bonds is 5. The Morgan fingerprint density at radius 2 is 2.00 bits per heavy atom. The van der Waals surface area contributed by atoms with Crippen LogP contribution in [0.3, 0.4) is 0 Å². The normalized spacial score (nSPS) is 12.1. The maximum absolute atomic E-state index is 10.9. The predicted octanol–water partition coefficient (Wildman–Crippen LogP) is 4.75. The van der Waals surface area contributed by atoms with Crippen molar-refractivity contribution in [3.63, 3.8) is 0 Å². The number of hydrogen-bond acceptors (Lipinski definition) is 3. The van der Waals surface area contributed by atoms with E-state index >= 15 is 0 Å². The molecule has 1 N–H and O–H groups in total. The largest absolute Gasteiger partial charge is 0.306 e. The molecule has 0 aromatic heterocycles. The van der Waals surface area contributed by atoms with Gasteiger partial charge in [0.1, 0.15) is 5.02 Å². The summed E-state index contributed by atoms with van der Waals surface area (Å²) in [5.74, 6) is 0. The fourth-order valence-corrected chi connectivity index (χ4v) is 2.36. The number of hydrogen-bond donors (Lipinski definition) is 1. The van der Waals surface area contributed by atoms with Crippen molar-refractivity contribution in [2.45, 2.75) is 19.5 Å². The number of nitrogens with one attached hydrogen (secondary N) is 1. The minimum atomic E-state index is -0.480. The van der Waals surface area contributed by atoms with Crippen LogP contribution in [0.2, 0.25) is 10.0 Å². The van der Waals surface area contributed by atoms with Crippen LogP contribution in [0.25, 0.3) is 0 Å². The van der Waals surface area contributed by atoms with Crippen molar-refractivity contribution in [3.05, 3.63) is 73.8 Å². The second-order valence-electron chi connectivity index (χ2n) is 4.70. The van der Waals surface area contributed by atoms with Gasteiger partial charge in [0, 0.05) is 23.7 Å². The molecule has 0 saturated heterocycles. The molecule has 0 radical (unpaired) electrons. The molecule has 2 aromatic carbocycles. The van der Waals surface area contributed by atoms with Gasteiger partial charge in [0.25, 0.3) is 5.69 Å². The van der Waals surface area contributed by atoms with Gasteiger partial charge >= 0.3 is 0 Å². The van der Waals surface area contributed by atoms with E-state index in [0.29, 0.717) is 11.6 Å². The van der Waals surface area contributed by atoms with Crippen LogP contribution in [0.5, 0.6) is 0 Å². The minimum absolute atomic E-state index is 0.0774. The van der Waals surface area contributed by atoms with Crippen LogP contribution in [0.1, 0.15) is 24.1 Å². The lowest BCUT2D eigenvalue weighted by Gasteiger charge is -2.14. The third kappa shape index (κ3) is 4.17. The van der Waals surface area contributed by atoms with Crippen LogP contribution in [-0.2, 0) is 6.54 Å². The predicted molar refractivity (Wildman–Crippen MR) is 84.8 cm³/mol. The van der Waals surface area contributed by atoms with Crippen molar-refractivity contribution in [1.29, 1.82) is 0 Å². The Morgan fingerprint density at radius 3 is 2.67 bits per heavy atom. The summed E-state index contributed by atoms with van der Waals surface area (Å²) in [4.78, 5) is 10.4. The molecule has 0 saturated carbocycles. The highest BCUT2D eigenvalue weighted by molar-refractivity contribution is 6.32. The zero-order valence-electron chi connectivity index (χ0n) is 11.3. The summed E-state index contributed by atoms with van der Waals surface area (Å²) in [6.45, 7) is 2.52. The molecule has 1 unspecified atom stereocenters. The van der Waals surface area contributed by atoms with E-state index in [-0.39, 0.29) is 16.8 Å². The van der Waals surface area contributed by atoms with E-state index in [4.69, 9.17) is 23.2 Å². The van der Waals surface area contributed by atoms with E-state index in [1.165, 1.54) is 6.07 Å². The Labute approximate surface area is 132 Å². The standard InChI is InChI=1S/C15H14Cl2N2O2/c1-10(12-3-2-4-13(16)8-12)18-9-11-5-6-14(17)15(7-11)19(20)21/h2-8,10,18H,9H2,1H3. The summed E-state index contributed by atoms with van der Waals surface area (Å²) in [6, 6.07) is 12.5. The third-order valence-corrected chi connectivity index (χ3v) is 3.72. The summed E-state index contributed by atoms with van der Waals surface area (Å²) in [7, 11) is 0. The quantitative estimate of drug-likeness (QED) is 0.637. The summed E-state index contributed by atoms with van der Waals surface area (Å²) in [5, 5.41) is 15.0. The first-order valence-corrected chi connectivity index (χ1v) is 7.14. The lowest BCUT2D eigenvalue weighted by molar-refractivity contribution is -0.384. The Balaban J connectivity index is 2.06. The lowest BCUT2D eigenvalue weighted by Crippen LogP contribution is -2.18. The van der Waals surface area contributed by atoms with Crippen LogP contribution in [0.15, 0.2) is 42.5 Å².